The first-order chi connectivity index (χ1) is 9.21. The second-order valence-electron chi connectivity index (χ2n) is 4.63. The van der Waals surface area contributed by atoms with Gasteiger partial charge < -0.3 is 15.0 Å². The highest BCUT2D eigenvalue weighted by atomic mass is 16.5. The number of ether oxygens (including phenoxy) is 1. The molecule has 1 aliphatic heterocycles. The second-order valence-corrected chi connectivity index (χ2v) is 4.63. The maximum Gasteiger partial charge on any atom is 0.248 e. The zero-order valence-electron chi connectivity index (χ0n) is 12.0. The van der Waals surface area contributed by atoms with Gasteiger partial charge in [-0.1, -0.05) is 18.7 Å². The maximum absolute atomic E-state index is 11.7. The van der Waals surface area contributed by atoms with Crippen LogP contribution in [0, 0.1) is 0 Å². The Bertz CT molecular complexity index is 321. The predicted molar refractivity (Wildman–Crippen MR) is 77.1 cm³/mol. The minimum absolute atomic E-state index is 0.0804. The monoisotopic (exact) mass is 267 g/mol. The van der Waals surface area contributed by atoms with Crippen LogP contribution in [-0.2, 0) is 9.53 Å². The van der Waals surface area contributed by atoms with Crippen LogP contribution in [0.15, 0.2) is 24.3 Å². The number of hydrogen-bond donors (Lipinski definition) is 1. The van der Waals surface area contributed by atoms with E-state index < -0.39 is 0 Å². The summed E-state index contributed by atoms with van der Waals surface area (Å²) in [5.41, 5.74) is 1.23. The number of hydrogen-bond acceptors (Lipinski definition) is 4. The van der Waals surface area contributed by atoms with Crippen LogP contribution in [0.4, 0.5) is 0 Å². The molecule has 1 N–H and O–H groups in total. The summed E-state index contributed by atoms with van der Waals surface area (Å²) in [4.78, 5) is 15.9. The van der Waals surface area contributed by atoms with Gasteiger partial charge in [0.1, 0.15) is 6.61 Å². The molecule has 1 aliphatic rings. The summed E-state index contributed by atoms with van der Waals surface area (Å²) in [6.45, 7) is 9.14. The fraction of sp³-hybridized carbons (Fsp3) is 0.643. The summed E-state index contributed by atoms with van der Waals surface area (Å²) in [5, 5.41) is 3.10. The van der Waals surface area contributed by atoms with Crippen molar-refractivity contribution in [3.05, 3.63) is 24.3 Å². The van der Waals surface area contributed by atoms with Gasteiger partial charge in [-0.25, -0.2) is 0 Å². The van der Waals surface area contributed by atoms with Gasteiger partial charge in [-0.05, 0) is 12.6 Å². The summed E-state index contributed by atoms with van der Waals surface area (Å²) in [6, 6.07) is 0. The molecule has 5 heteroatoms. The van der Waals surface area contributed by atoms with Crippen molar-refractivity contribution in [1.82, 2.24) is 15.1 Å². The molecule has 108 valence electrons. The minimum Gasteiger partial charge on any atom is -0.375 e. The lowest BCUT2D eigenvalue weighted by Crippen LogP contribution is -2.49. The lowest BCUT2D eigenvalue weighted by Gasteiger charge is -2.34. The largest absolute Gasteiger partial charge is 0.375 e. The van der Waals surface area contributed by atoms with Gasteiger partial charge in [-0.3, -0.25) is 9.69 Å². The lowest BCUT2D eigenvalue weighted by molar-refractivity contribution is -0.136. The van der Waals surface area contributed by atoms with Gasteiger partial charge in [0.15, 0.2) is 0 Å². The molecule has 1 heterocycles. The molecule has 0 radical (unpaired) electrons. The van der Waals surface area contributed by atoms with Crippen molar-refractivity contribution in [2.45, 2.75) is 0 Å². The van der Waals surface area contributed by atoms with Crippen molar-refractivity contribution >= 4 is 5.91 Å². The van der Waals surface area contributed by atoms with Gasteiger partial charge in [0.05, 0.1) is 0 Å². The lowest BCUT2D eigenvalue weighted by atomic mass is 10.2. The molecule has 0 atom stereocenters. The highest BCUT2D eigenvalue weighted by Crippen LogP contribution is 2.06. The number of carbonyl (C=O) groups excluding carboxylic acids is 1. The third kappa shape index (κ3) is 5.55. The van der Waals surface area contributed by atoms with E-state index >= 15 is 0 Å². The van der Waals surface area contributed by atoms with Crippen molar-refractivity contribution in [1.29, 1.82) is 0 Å². The number of likely N-dealkylation sites (N-methyl/N-ethyl adjacent to an activating group) is 1. The van der Waals surface area contributed by atoms with Gasteiger partial charge in [-0.2, -0.15) is 0 Å². The average molecular weight is 267 g/mol. The SMILES string of the molecule is C=C/C(=C\CNC)CN1CCN(C(=O)COC)CC1. The molecule has 19 heavy (non-hydrogen) atoms. The molecule has 1 fully saturated rings. The Hall–Kier alpha value is -1.17. The first kappa shape index (κ1) is 15.9. The van der Waals surface area contributed by atoms with Crippen molar-refractivity contribution in [2.24, 2.45) is 0 Å². The highest BCUT2D eigenvalue weighted by Gasteiger charge is 2.20. The highest BCUT2D eigenvalue weighted by molar-refractivity contribution is 5.77. The summed E-state index contributed by atoms with van der Waals surface area (Å²) >= 11 is 0. The van der Waals surface area contributed by atoms with Gasteiger partial charge >= 0.3 is 0 Å². The molecule has 1 amide bonds. The molecule has 0 aliphatic carbocycles. The van der Waals surface area contributed by atoms with E-state index in [0.717, 1.165) is 39.3 Å². The standard InChI is InChI=1S/C14H25N3O2/c1-4-13(5-6-15-2)11-16-7-9-17(10-8-16)14(18)12-19-3/h4-5,15H,1,6-12H2,2-3H3/b13-5+. The van der Waals surface area contributed by atoms with Crippen molar-refractivity contribution in [3.8, 4) is 0 Å². The third-order valence-corrected chi connectivity index (χ3v) is 3.23. The summed E-state index contributed by atoms with van der Waals surface area (Å²) < 4.78 is 4.88. The van der Waals surface area contributed by atoms with Crippen LogP contribution in [0.3, 0.4) is 0 Å². The Morgan fingerprint density at radius 3 is 2.58 bits per heavy atom. The van der Waals surface area contributed by atoms with Gasteiger partial charge in [0.2, 0.25) is 5.91 Å². The predicted octanol–water partition coefficient (Wildman–Crippen LogP) is 0.109. The van der Waals surface area contributed by atoms with E-state index in [4.69, 9.17) is 4.74 Å². The third-order valence-electron chi connectivity index (χ3n) is 3.23. The molecule has 0 aromatic heterocycles. The Morgan fingerprint density at radius 1 is 1.37 bits per heavy atom. The van der Waals surface area contributed by atoms with E-state index in [1.54, 1.807) is 7.11 Å². The van der Waals surface area contributed by atoms with Crippen LogP contribution < -0.4 is 5.32 Å². The Labute approximate surface area is 115 Å². The molecule has 0 unspecified atom stereocenters. The molecule has 0 saturated carbocycles. The summed E-state index contributed by atoms with van der Waals surface area (Å²) in [5.74, 6) is 0.0804. The zero-order valence-corrected chi connectivity index (χ0v) is 12.0. The quantitative estimate of drug-likeness (QED) is 0.665. The number of rotatable bonds is 7. The van der Waals surface area contributed by atoms with E-state index in [1.807, 2.05) is 18.0 Å². The Kier molecular flexibility index (Phi) is 7.40. The van der Waals surface area contributed by atoms with Crippen LogP contribution in [0.1, 0.15) is 0 Å². The fourth-order valence-electron chi connectivity index (χ4n) is 2.07. The van der Waals surface area contributed by atoms with Crippen LogP contribution >= 0.6 is 0 Å². The van der Waals surface area contributed by atoms with Gasteiger partial charge in [-0.15, -0.1) is 0 Å². The van der Waals surface area contributed by atoms with Crippen molar-refractivity contribution < 1.29 is 9.53 Å². The molecule has 0 bridgehead atoms. The zero-order chi connectivity index (χ0) is 14.1. The number of piperazine rings is 1. The average Bonchev–Trinajstić information content (AvgIpc) is 2.44. The number of nitrogens with one attached hydrogen (secondary N) is 1. The second kappa shape index (κ2) is 8.85. The fourth-order valence-corrected chi connectivity index (χ4v) is 2.07. The molecular formula is C14H25N3O2. The topological polar surface area (TPSA) is 44.8 Å². The van der Waals surface area contributed by atoms with Crippen LogP contribution in [0.25, 0.3) is 0 Å². The maximum atomic E-state index is 11.7. The van der Waals surface area contributed by atoms with Crippen molar-refractivity contribution in [2.75, 3.05) is 60.0 Å². The molecule has 0 spiro atoms. The van der Waals surface area contributed by atoms with E-state index in [-0.39, 0.29) is 12.5 Å². The molecular weight excluding hydrogens is 242 g/mol. The normalized spacial score (nSPS) is 17.6. The van der Waals surface area contributed by atoms with Crippen LogP contribution in [-0.4, -0.2) is 75.7 Å². The first-order valence-electron chi connectivity index (χ1n) is 6.66. The summed E-state index contributed by atoms with van der Waals surface area (Å²) in [6.07, 6.45) is 4.05. The minimum atomic E-state index is 0.0804. The smallest absolute Gasteiger partial charge is 0.248 e. The number of carbonyl (C=O) groups is 1. The van der Waals surface area contributed by atoms with Gasteiger partial charge in [0.25, 0.3) is 0 Å². The Morgan fingerprint density at radius 2 is 2.05 bits per heavy atom. The Balaban J connectivity index is 2.37. The molecule has 0 aromatic carbocycles. The van der Waals surface area contributed by atoms with Gasteiger partial charge in [0, 0.05) is 46.4 Å². The molecule has 0 aromatic rings. The van der Waals surface area contributed by atoms with Crippen LogP contribution in [0.2, 0.25) is 0 Å². The molecule has 1 saturated heterocycles. The number of nitrogens with zero attached hydrogens (tertiary/aromatic N) is 2. The summed E-state index contributed by atoms with van der Waals surface area (Å²) in [7, 11) is 3.48. The molecule has 5 nitrogen and oxygen atoms in total. The van der Waals surface area contributed by atoms with E-state index in [1.165, 1.54) is 5.57 Å². The van der Waals surface area contributed by atoms with E-state index in [0.29, 0.717) is 0 Å². The number of amides is 1. The van der Waals surface area contributed by atoms with E-state index in [9.17, 15) is 4.79 Å². The van der Waals surface area contributed by atoms with Crippen LogP contribution in [0.5, 0.6) is 0 Å². The molecule has 1 rings (SSSR count). The first-order valence-corrected chi connectivity index (χ1v) is 6.66. The van der Waals surface area contributed by atoms with E-state index in [2.05, 4.69) is 22.9 Å². The van der Waals surface area contributed by atoms with Crippen molar-refractivity contribution in [3.63, 3.8) is 0 Å². The number of methoxy groups -OCH3 is 1.